The number of rotatable bonds is 6. The molecular weight excluding hydrogens is 328 g/mol. The third-order valence-corrected chi connectivity index (χ3v) is 5.13. The first-order valence-corrected chi connectivity index (χ1v) is 9.27. The van der Waals surface area contributed by atoms with E-state index in [9.17, 15) is 13.2 Å². The van der Waals surface area contributed by atoms with Crippen molar-refractivity contribution >= 4 is 20.9 Å². The quantitative estimate of drug-likeness (QED) is 0.725. The summed E-state index contributed by atoms with van der Waals surface area (Å²) >= 11 is 0. The average Bonchev–Trinajstić information content (AvgIpc) is 3.00. The third kappa shape index (κ3) is 3.39. The van der Waals surface area contributed by atoms with Crippen LogP contribution in [-0.4, -0.2) is 35.1 Å². The van der Waals surface area contributed by atoms with E-state index in [4.69, 9.17) is 0 Å². The van der Waals surface area contributed by atoms with Gasteiger partial charge in [-0.05, 0) is 30.5 Å². The lowest BCUT2D eigenvalue weighted by Crippen LogP contribution is -2.33. The number of sulfonamides is 1. The molecule has 0 aliphatic carbocycles. The zero-order valence-corrected chi connectivity index (χ0v) is 14.0. The summed E-state index contributed by atoms with van der Waals surface area (Å²) in [7, 11) is -3.28. The Morgan fingerprint density at radius 1 is 1.12 bits per heavy atom. The Morgan fingerprint density at radius 3 is 2.71 bits per heavy atom. The molecular formula is C16H18N4O3S. The van der Waals surface area contributed by atoms with Crippen molar-refractivity contribution < 1.29 is 8.42 Å². The van der Waals surface area contributed by atoms with Gasteiger partial charge in [-0.2, -0.15) is 5.10 Å². The predicted octanol–water partition coefficient (Wildman–Crippen LogP) is 1.13. The van der Waals surface area contributed by atoms with E-state index >= 15 is 0 Å². The minimum Gasteiger partial charge on any atom is -0.300 e. The van der Waals surface area contributed by atoms with Crippen molar-refractivity contribution in [1.29, 1.82) is 0 Å². The topological polar surface area (TPSA) is 86.0 Å². The first kappa shape index (κ1) is 16.4. The molecule has 0 aliphatic rings. The van der Waals surface area contributed by atoms with E-state index in [0.29, 0.717) is 5.82 Å². The molecule has 0 aliphatic heterocycles. The minimum absolute atomic E-state index is 0.00469. The molecule has 0 bridgehead atoms. The zero-order valence-electron chi connectivity index (χ0n) is 13.2. The predicted molar refractivity (Wildman–Crippen MR) is 92.8 cm³/mol. The Hall–Kier alpha value is -2.45. The Balaban J connectivity index is 1.88. The third-order valence-electron chi connectivity index (χ3n) is 3.72. The van der Waals surface area contributed by atoms with E-state index in [0.717, 1.165) is 10.9 Å². The van der Waals surface area contributed by atoms with Crippen molar-refractivity contribution in [3.8, 4) is 5.82 Å². The summed E-state index contributed by atoms with van der Waals surface area (Å²) in [4.78, 5) is 11.9. The van der Waals surface area contributed by atoms with Crippen LogP contribution in [0.3, 0.4) is 0 Å². The maximum Gasteiger partial charge on any atom is 0.266 e. The van der Waals surface area contributed by atoms with Crippen molar-refractivity contribution in [1.82, 2.24) is 19.1 Å². The van der Waals surface area contributed by atoms with Gasteiger partial charge >= 0.3 is 0 Å². The highest BCUT2D eigenvalue weighted by molar-refractivity contribution is 7.89. The van der Waals surface area contributed by atoms with Crippen LogP contribution in [0, 0.1) is 0 Å². The lowest BCUT2D eigenvalue weighted by atomic mass is 10.2. The first-order valence-electron chi connectivity index (χ1n) is 7.62. The zero-order chi connectivity index (χ0) is 17.2. The molecule has 0 amide bonds. The Labute approximate surface area is 139 Å². The van der Waals surface area contributed by atoms with Crippen LogP contribution in [0.15, 0.2) is 53.5 Å². The van der Waals surface area contributed by atoms with Crippen LogP contribution in [0.1, 0.15) is 6.92 Å². The molecule has 1 N–H and O–H groups in total. The number of nitrogens with zero attached hydrogens (tertiary/aromatic N) is 3. The average molecular weight is 346 g/mol. The maximum atomic E-state index is 11.9. The molecule has 24 heavy (non-hydrogen) atoms. The van der Waals surface area contributed by atoms with Crippen LogP contribution in [-0.2, 0) is 16.6 Å². The van der Waals surface area contributed by atoms with Gasteiger partial charge in [0.25, 0.3) is 5.56 Å². The number of hydrogen-bond donors (Lipinski definition) is 1. The molecule has 2 heterocycles. The highest BCUT2D eigenvalue weighted by Crippen LogP contribution is 2.18. The lowest BCUT2D eigenvalue weighted by Gasteiger charge is -2.09. The number of fused-ring (bicyclic) bond motifs is 1. The molecule has 3 rings (SSSR count). The number of aromatic nitrogens is 3. The lowest BCUT2D eigenvalue weighted by molar-refractivity contribution is 0.545. The summed E-state index contributed by atoms with van der Waals surface area (Å²) in [6.07, 6.45) is 1.89. The summed E-state index contributed by atoms with van der Waals surface area (Å²) < 4.78 is 28.5. The summed E-state index contributed by atoms with van der Waals surface area (Å²) in [5.74, 6) is 0.610. The van der Waals surface area contributed by atoms with Crippen LogP contribution in [0.2, 0.25) is 0 Å². The Bertz CT molecular complexity index is 1020. The highest BCUT2D eigenvalue weighted by Gasteiger charge is 2.08. The number of nitrogens with one attached hydrogen (secondary N) is 1. The van der Waals surface area contributed by atoms with Crippen molar-refractivity contribution in [2.24, 2.45) is 0 Å². The molecule has 8 heteroatoms. The number of benzene rings is 1. The van der Waals surface area contributed by atoms with Gasteiger partial charge in [0.15, 0.2) is 5.82 Å². The van der Waals surface area contributed by atoms with E-state index in [2.05, 4.69) is 9.82 Å². The molecule has 7 nitrogen and oxygen atoms in total. The fourth-order valence-electron chi connectivity index (χ4n) is 2.42. The largest absolute Gasteiger partial charge is 0.300 e. The molecule has 0 saturated carbocycles. The van der Waals surface area contributed by atoms with E-state index < -0.39 is 10.0 Å². The second-order valence-corrected chi connectivity index (χ2v) is 7.39. The van der Waals surface area contributed by atoms with Gasteiger partial charge < -0.3 is 0 Å². The molecule has 0 radical (unpaired) electrons. The normalized spacial score (nSPS) is 11.9. The highest BCUT2D eigenvalue weighted by atomic mass is 32.2. The smallest absolute Gasteiger partial charge is 0.266 e. The van der Waals surface area contributed by atoms with Crippen LogP contribution in [0.4, 0.5) is 0 Å². The van der Waals surface area contributed by atoms with Crippen LogP contribution in [0.5, 0.6) is 0 Å². The van der Waals surface area contributed by atoms with E-state index in [-0.39, 0.29) is 24.4 Å². The second-order valence-electron chi connectivity index (χ2n) is 5.30. The molecule has 0 unspecified atom stereocenters. The van der Waals surface area contributed by atoms with Gasteiger partial charge in [-0.15, -0.1) is 0 Å². The van der Waals surface area contributed by atoms with Crippen molar-refractivity contribution in [3.05, 3.63) is 59.0 Å². The van der Waals surface area contributed by atoms with Gasteiger partial charge in [-0.25, -0.2) is 17.8 Å². The maximum absolute atomic E-state index is 11.9. The minimum atomic E-state index is -3.28. The van der Waals surface area contributed by atoms with E-state index in [1.807, 2.05) is 41.1 Å². The summed E-state index contributed by atoms with van der Waals surface area (Å²) in [5, 5.41) is 5.42. The summed E-state index contributed by atoms with van der Waals surface area (Å²) in [6, 6.07) is 12.9. The standard InChI is InChI=1S/C16H18N4O3S/c1-2-24(22,23)17-10-12-20-16(21)8-7-15(18-20)19-11-9-13-5-3-4-6-14(13)19/h3-9,11,17H,2,10,12H2,1H3. The molecule has 1 aromatic carbocycles. The fraction of sp³-hybridized carbons (Fsp3) is 0.250. The molecule has 0 spiro atoms. The molecule has 126 valence electrons. The van der Waals surface area contributed by atoms with Gasteiger partial charge in [0, 0.05) is 18.8 Å². The monoisotopic (exact) mass is 346 g/mol. The molecule has 3 aromatic rings. The van der Waals surface area contributed by atoms with Gasteiger partial charge in [-0.3, -0.25) is 9.36 Å². The van der Waals surface area contributed by atoms with Gasteiger partial charge in [0.05, 0.1) is 17.8 Å². The fourth-order valence-corrected chi connectivity index (χ4v) is 3.03. The first-order chi connectivity index (χ1) is 11.5. The summed E-state index contributed by atoms with van der Waals surface area (Å²) in [5.41, 5.74) is 0.716. The van der Waals surface area contributed by atoms with E-state index in [1.54, 1.807) is 13.0 Å². The van der Waals surface area contributed by atoms with Crippen LogP contribution < -0.4 is 10.3 Å². The SMILES string of the molecule is CCS(=O)(=O)NCCn1nc(-n2ccc3ccccc32)ccc1=O. The number of para-hydroxylation sites is 1. The van der Waals surface area contributed by atoms with Crippen molar-refractivity contribution in [3.63, 3.8) is 0 Å². The van der Waals surface area contributed by atoms with Gasteiger partial charge in [0.2, 0.25) is 10.0 Å². The van der Waals surface area contributed by atoms with Crippen molar-refractivity contribution in [2.75, 3.05) is 12.3 Å². The second kappa shape index (κ2) is 6.58. The van der Waals surface area contributed by atoms with E-state index in [1.165, 1.54) is 10.7 Å². The Morgan fingerprint density at radius 2 is 1.92 bits per heavy atom. The van der Waals surface area contributed by atoms with Crippen molar-refractivity contribution in [2.45, 2.75) is 13.5 Å². The van der Waals surface area contributed by atoms with Crippen LogP contribution >= 0.6 is 0 Å². The molecule has 0 fully saturated rings. The molecule has 2 aromatic heterocycles. The Kier molecular flexibility index (Phi) is 4.50. The summed E-state index contributed by atoms with van der Waals surface area (Å²) in [6.45, 7) is 1.86. The molecule has 0 atom stereocenters. The van der Waals surface area contributed by atoms with Crippen LogP contribution in [0.25, 0.3) is 16.7 Å². The van der Waals surface area contributed by atoms with Gasteiger partial charge in [-0.1, -0.05) is 18.2 Å². The van der Waals surface area contributed by atoms with Gasteiger partial charge in [0.1, 0.15) is 0 Å². The number of hydrogen-bond acceptors (Lipinski definition) is 4. The molecule has 0 saturated heterocycles.